The van der Waals surface area contributed by atoms with Crippen molar-refractivity contribution in [2.24, 2.45) is 11.8 Å². The summed E-state index contributed by atoms with van der Waals surface area (Å²) in [6, 6.07) is 9.46. The van der Waals surface area contributed by atoms with Crippen LogP contribution in [0.5, 0.6) is 5.75 Å². The van der Waals surface area contributed by atoms with E-state index in [1.807, 2.05) is 42.5 Å². The first-order chi connectivity index (χ1) is 15.0. The van der Waals surface area contributed by atoms with Gasteiger partial charge in [0.1, 0.15) is 12.4 Å². The highest BCUT2D eigenvalue weighted by molar-refractivity contribution is 5.66. The summed E-state index contributed by atoms with van der Waals surface area (Å²) in [5.41, 5.74) is 0. The molecule has 4 atom stereocenters. The molecule has 3 rings (SSSR count). The lowest BCUT2D eigenvalue weighted by atomic mass is 9.88. The predicted molar refractivity (Wildman–Crippen MR) is 115 cm³/mol. The summed E-state index contributed by atoms with van der Waals surface area (Å²) in [4.78, 5) is 10.6. The molecule has 31 heavy (non-hydrogen) atoms. The summed E-state index contributed by atoms with van der Waals surface area (Å²) in [5, 5.41) is 29.7. The lowest BCUT2D eigenvalue weighted by molar-refractivity contribution is -0.139. The van der Waals surface area contributed by atoms with Crippen molar-refractivity contribution in [3.8, 4) is 5.75 Å². The first-order valence-electron chi connectivity index (χ1n) is 11.2. The van der Waals surface area contributed by atoms with Crippen LogP contribution in [0.15, 0.2) is 42.5 Å². The van der Waals surface area contributed by atoms with Gasteiger partial charge in [-0.15, -0.1) is 0 Å². The molecule has 0 bridgehead atoms. The van der Waals surface area contributed by atoms with Crippen LogP contribution in [0.2, 0.25) is 0 Å². The quantitative estimate of drug-likeness (QED) is 0.343. The number of aliphatic hydroxyl groups excluding tert-OH is 2. The number of carbonyl (C=O) groups is 1. The molecular formula is C24H34O7. The third kappa shape index (κ3) is 7.04. The summed E-state index contributed by atoms with van der Waals surface area (Å²) < 4.78 is 17.5. The van der Waals surface area contributed by atoms with Gasteiger partial charge in [-0.1, -0.05) is 43.5 Å². The summed E-state index contributed by atoms with van der Waals surface area (Å²) in [6.07, 6.45) is 7.27. The van der Waals surface area contributed by atoms with Crippen LogP contribution >= 0.6 is 0 Å². The number of benzene rings is 1. The molecule has 1 saturated heterocycles. The minimum atomic E-state index is -0.996. The fraction of sp³-hybridized carbons (Fsp3) is 0.625. The second-order valence-electron chi connectivity index (χ2n) is 8.43. The van der Waals surface area contributed by atoms with E-state index in [4.69, 9.17) is 19.3 Å². The molecule has 1 aliphatic heterocycles. The van der Waals surface area contributed by atoms with Gasteiger partial charge in [0.05, 0.1) is 25.4 Å². The Labute approximate surface area is 183 Å². The van der Waals surface area contributed by atoms with Gasteiger partial charge in [0.15, 0.2) is 0 Å². The van der Waals surface area contributed by atoms with E-state index in [2.05, 4.69) is 0 Å². The van der Waals surface area contributed by atoms with Gasteiger partial charge in [0.2, 0.25) is 5.79 Å². The van der Waals surface area contributed by atoms with Crippen LogP contribution in [0.1, 0.15) is 44.9 Å². The number of rotatable bonds is 12. The van der Waals surface area contributed by atoms with Gasteiger partial charge in [-0.25, -0.2) is 0 Å². The van der Waals surface area contributed by atoms with Gasteiger partial charge in [-0.05, 0) is 37.0 Å². The topological polar surface area (TPSA) is 105 Å². The van der Waals surface area contributed by atoms with E-state index < -0.39 is 24.0 Å². The van der Waals surface area contributed by atoms with Crippen molar-refractivity contribution >= 4 is 5.97 Å². The zero-order valence-electron chi connectivity index (χ0n) is 17.9. The van der Waals surface area contributed by atoms with Gasteiger partial charge in [-0.3, -0.25) is 4.79 Å². The molecule has 0 spiro atoms. The Morgan fingerprint density at radius 3 is 2.48 bits per heavy atom. The Morgan fingerprint density at radius 2 is 1.77 bits per heavy atom. The molecule has 2 aliphatic rings. The van der Waals surface area contributed by atoms with Gasteiger partial charge in [0.25, 0.3) is 0 Å². The average molecular weight is 435 g/mol. The molecule has 0 unspecified atom stereocenters. The Hall–Kier alpha value is -1.93. The molecular weight excluding hydrogens is 400 g/mol. The molecule has 7 heteroatoms. The van der Waals surface area contributed by atoms with E-state index in [1.165, 1.54) is 0 Å². The number of aliphatic carboxylic acids is 1. The van der Waals surface area contributed by atoms with Gasteiger partial charge in [-0.2, -0.15) is 0 Å². The normalized spacial score (nSPS) is 27.7. The average Bonchev–Trinajstić information content (AvgIpc) is 3.32. The minimum absolute atomic E-state index is 0.0424. The molecule has 1 saturated carbocycles. The van der Waals surface area contributed by atoms with E-state index in [-0.39, 0.29) is 24.9 Å². The standard InChI is InChI=1S/C24H34O7/c25-21-16-22(26)20(19(21)10-6-1-2-7-11-23(27)28)12-13-24(30-14-15-31-24)17-29-18-8-4-3-5-9-18/h3-5,8-9,12-13,19-22,25-26H,1-2,6-7,10-11,14-17H2,(H,27,28)/b13-12+/t19-,20-,21+,22-/m1/s1. The second-order valence-corrected chi connectivity index (χ2v) is 8.43. The first-order valence-corrected chi connectivity index (χ1v) is 11.2. The van der Waals surface area contributed by atoms with Crippen molar-refractivity contribution in [1.29, 1.82) is 0 Å². The maximum Gasteiger partial charge on any atom is 0.303 e. The number of carboxylic acid groups (broad SMARTS) is 1. The van der Waals surface area contributed by atoms with Crippen molar-refractivity contribution in [3.63, 3.8) is 0 Å². The van der Waals surface area contributed by atoms with Crippen molar-refractivity contribution < 1.29 is 34.3 Å². The Bertz CT molecular complexity index is 699. The number of carboxylic acids is 1. The fourth-order valence-corrected chi connectivity index (χ4v) is 4.44. The minimum Gasteiger partial charge on any atom is -0.488 e. The first kappa shape index (κ1) is 23.7. The molecule has 1 heterocycles. The van der Waals surface area contributed by atoms with Crippen molar-refractivity contribution in [2.75, 3.05) is 19.8 Å². The van der Waals surface area contributed by atoms with Crippen LogP contribution in [0.25, 0.3) is 0 Å². The van der Waals surface area contributed by atoms with Crippen LogP contribution in [0.3, 0.4) is 0 Å². The van der Waals surface area contributed by atoms with Gasteiger partial charge < -0.3 is 29.5 Å². The van der Waals surface area contributed by atoms with Crippen LogP contribution in [-0.2, 0) is 14.3 Å². The van der Waals surface area contributed by atoms with Crippen LogP contribution in [-0.4, -0.2) is 59.1 Å². The van der Waals surface area contributed by atoms with Crippen molar-refractivity contribution in [2.45, 2.75) is 62.9 Å². The summed E-state index contributed by atoms with van der Waals surface area (Å²) in [5.74, 6) is -1.26. The summed E-state index contributed by atoms with van der Waals surface area (Å²) in [7, 11) is 0. The Morgan fingerprint density at radius 1 is 1.06 bits per heavy atom. The molecule has 172 valence electrons. The number of aliphatic hydroxyl groups is 2. The summed E-state index contributed by atoms with van der Waals surface area (Å²) in [6.45, 7) is 1.14. The maximum atomic E-state index is 10.6. The Kier molecular flexibility index (Phi) is 8.90. The highest BCUT2D eigenvalue weighted by atomic mass is 16.8. The lowest BCUT2D eigenvalue weighted by Crippen LogP contribution is -2.35. The fourth-order valence-electron chi connectivity index (χ4n) is 4.44. The van der Waals surface area contributed by atoms with E-state index >= 15 is 0 Å². The smallest absolute Gasteiger partial charge is 0.303 e. The van der Waals surface area contributed by atoms with Crippen LogP contribution < -0.4 is 4.74 Å². The molecule has 0 radical (unpaired) electrons. The maximum absolute atomic E-state index is 10.6. The molecule has 2 fully saturated rings. The highest BCUT2D eigenvalue weighted by Gasteiger charge is 2.41. The number of ether oxygens (including phenoxy) is 3. The molecule has 3 N–H and O–H groups in total. The van der Waals surface area contributed by atoms with E-state index in [1.54, 1.807) is 0 Å². The summed E-state index contributed by atoms with van der Waals surface area (Å²) >= 11 is 0. The molecule has 7 nitrogen and oxygen atoms in total. The SMILES string of the molecule is O=C(O)CCCCCC[C@@H]1[C@@H](/C=C/C2(COc3ccccc3)OCCO2)[C@H](O)C[C@@H]1O. The second kappa shape index (κ2) is 11.6. The van der Waals surface area contributed by atoms with E-state index in [0.717, 1.165) is 31.4 Å². The van der Waals surface area contributed by atoms with E-state index in [9.17, 15) is 15.0 Å². The number of hydrogen-bond donors (Lipinski definition) is 3. The number of unbranched alkanes of at least 4 members (excludes halogenated alkanes) is 3. The van der Waals surface area contributed by atoms with Gasteiger partial charge in [0, 0.05) is 18.8 Å². The molecule has 0 amide bonds. The Balaban J connectivity index is 1.55. The largest absolute Gasteiger partial charge is 0.488 e. The van der Waals surface area contributed by atoms with Gasteiger partial charge >= 0.3 is 5.97 Å². The predicted octanol–water partition coefficient (Wildman–Crippen LogP) is 3.15. The number of hydrogen-bond acceptors (Lipinski definition) is 6. The third-order valence-corrected chi connectivity index (χ3v) is 6.13. The van der Waals surface area contributed by atoms with Crippen molar-refractivity contribution in [1.82, 2.24) is 0 Å². The zero-order valence-corrected chi connectivity index (χ0v) is 17.9. The van der Waals surface area contributed by atoms with Crippen LogP contribution in [0.4, 0.5) is 0 Å². The number of para-hydroxylation sites is 1. The van der Waals surface area contributed by atoms with E-state index in [0.29, 0.717) is 26.1 Å². The molecule has 1 aliphatic carbocycles. The zero-order chi connectivity index (χ0) is 22.1. The third-order valence-electron chi connectivity index (χ3n) is 6.13. The van der Waals surface area contributed by atoms with Crippen molar-refractivity contribution in [3.05, 3.63) is 42.5 Å². The molecule has 0 aromatic heterocycles. The monoisotopic (exact) mass is 434 g/mol. The molecule has 1 aromatic rings. The molecule has 1 aromatic carbocycles. The highest BCUT2D eigenvalue weighted by Crippen LogP contribution is 2.38. The van der Waals surface area contributed by atoms with Crippen LogP contribution in [0, 0.1) is 11.8 Å². The lowest BCUT2D eigenvalue weighted by Gasteiger charge is -2.26.